The van der Waals surface area contributed by atoms with Crippen LogP contribution in [0.25, 0.3) is 10.8 Å². The summed E-state index contributed by atoms with van der Waals surface area (Å²) >= 11 is 0. The van der Waals surface area contributed by atoms with Crippen molar-refractivity contribution in [3.8, 4) is 0 Å². The second-order valence-electron chi connectivity index (χ2n) is 13.0. The summed E-state index contributed by atoms with van der Waals surface area (Å²) < 4.78 is 108. The van der Waals surface area contributed by atoms with Gasteiger partial charge < -0.3 is 14.0 Å². The van der Waals surface area contributed by atoms with Crippen molar-refractivity contribution in [1.82, 2.24) is 0 Å². The van der Waals surface area contributed by atoms with E-state index in [4.69, 9.17) is 4.74 Å². The molecule has 0 spiro atoms. The third-order valence-corrected chi connectivity index (χ3v) is 13.0. The number of hydrogen-bond acceptors (Lipinski definition) is 6. The maximum Gasteiger partial charge on any atom is 0.432 e. The summed E-state index contributed by atoms with van der Waals surface area (Å²) in [5, 5.41) is -2.98. The highest BCUT2D eigenvalue weighted by Gasteiger charge is 2.65. The number of fused-ring (bicyclic) bond motifs is 1. The lowest BCUT2D eigenvalue weighted by molar-refractivity contribution is -0.266. The first-order valence-electron chi connectivity index (χ1n) is 15.5. The van der Waals surface area contributed by atoms with Gasteiger partial charge in [-0.15, -0.1) is 0 Å². The van der Waals surface area contributed by atoms with Crippen molar-refractivity contribution in [2.75, 3.05) is 18.1 Å². The SMILES string of the molecule is CCCCOC1CC[S+](c2cccc3ccccc23)C1.O=C(OC(C(F)(F)F)C(F)(F)S(=O)(=O)[O-])C12CC3CC(CC(C3)C1)C2. The number of alkyl halides is 5. The molecule has 1 heterocycles. The highest BCUT2D eigenvalue weighted by atomic mass is 32.2. The molecule has 4 bridgehead atoms. The molecule has 5 fully saturated rings. The van der Waals surface area contributed by atoms with Crippen molar-refractivity contribution in [2.45, 2.75) is 93.2 Å². The fourth-order valence-corrected chi connectivity index (χ4v) is 10.9. The van der Waals surface area contributed by atoms with E-state index in [1.165, 1.54) is 41.5 Å². The molecule has 1 saturated heterocycles. The molecule has 1 aliphatic heterocycles. The molecule has 250 valence electrons. The average Bonchev–Trinajstić information content (AvgIpc) is 3.42. The molecule has 13 heteroatoms. The molecule has 0 aromatic heterocycles. The van der Waals surface area contributed by atoms with Gasteiger partial charge in [-0.1, -0.05) is 43.7 Å². The van der Waals surface area contributed by atoms with Crippen LogP contribution in [0.2, 0.25) is 0 Å². The maximum atomic E-state index is 13.5. The van der Waals surface area contributed by atoms with Crippen molar-refractivity contribution in [3.63, 3.8) is 0 Å². The number of carbonyl (C=O) groups excluding carboxylic acids is 1. The lowest BCUT2D eigenvalue weighted by atomic mass is 9.49. The molecule has 45 heavy (non-hydrogen) atoms. The van der Waals surface area contributed by atoms with Crippen molar-refractivity contribution in [2.24, 2.45) is 23.2 Å². The van der Waals surface area contributed by atoms with Gasteiger partial charge in [-0.3, -0.25) is 4.79 Å². The number of esters is 1. The largest absolute Gasteiger partial charge is 0.743 e. The Labute approximate surface area is 263 Å². The van der Waals surface area contributed by atoms with Gasteiger partial charge in [0.1, 0.15) is 17.6 Å². The Morgan fingerprint density at radius 3 is 2.18 bits per heavy atom. The van der Waals surface area contributed by atoms with Gasteiger partial charge in [0, 0.05) is 29.3 Å². The van der Waals surface area contributed by atoms with Crippen LogP contribution in [0.3, 0.4) is 0 Å². The quantitative estimate of drug-likeness (QED) is 0.0915. The van der Waals surface area contributed by atoms with Crippen molar-refractivity contribution in [3.05, 3.63) is 42.5 Å². The third kappa shape index (κ3) is 7.46. The minimum atomic E-state index is -6.67. The molecular formula is C32H39F5O6S2. The van der Waals surface area contributed by atoms with E-state index in [1.54, 1.807) is 4.90 Å². The van der Waals surface area contributed by atoms with Gasteiger partial charge in [0.25, 0.3) is 6.10 Å². The normalized spacial score (nSPS) is 30.2. The molecular weight excluding hydrogens is 639 g/mol. The van der Waals surface area contributed by atoms with Crippen LogP contribution >= 0.6 is 0 Å². The van der Waals surface area contributed by atoms with Gasteiger partial charge in [0.2, 0.25) is 0 Å². The maximum absolute atomic E-state index is 13.5. The van der Waals surface area contributed by atoms with Gasteiger partial charge in [-0.25, -0.2) is 8.42 Å². The van der Waals surface area contributed by atoms with E-state index >= 15 is 0 Å². The van der Waals surface area contributed by atoms with Crippen LogP contribution in [0.1, 0.15) is 64.7 Å². The Kier molecular flexibility index (Phi) is 10.1. The second kappa shape index (κ2) is 13.3. The highest BCUT2D eigenvalue weighted by molar-refractivity contribution is 7.97. The van der Waals surface area contributed by atoms with Gasteiger partial charge in [0.05, 0.1) is 5.41 Å². The summed E-state index contributed by atoms with van der Waals surface area (Å²) in [4.78, 5) is 13.9. The van der Waals surface area contributed by atoms with Crippen LogP contribution in [-0.2, 0) is 35.3 Å². The number of halogens is 5. The fourth-order valence-electron chi connectivity index (χ4n) is 7.89. The van der Waals surface area contributed by atoms with Crippen LogP contribution < -0.4 is 0 Å². The number of ether oxygens (including phenoxy) is 2. The molecule has 2 aromatic rings. The molecule has 7 rings (SSSR count). The average molecular weight is 679 g/mol. The van der Waals surface area contributed by atoms with Crippen LogP contribution in [0.4, 0.5) is 22.0 Å². The predicted octanol–water partition coefficient (Wildman–Crippen LogP) is 7.22. The zero-order chi connectivity index (χ0) is 32.6. The first-order valence-corrected chi connectivity index (χ1v) is 18.5. The minimum Gasteiger partial charge on any atom is -0.743 e. The van der Waals surface area contributed by atoms with Crippen LogP contribution in [0.5, 0.6) is 0 Å². The molecule has 0 radical (unpaired) electrons. The molecule has 3 unspecified atom stereocenters. The van der Waals surface area contributed by atoms with E-state index in [0.29, 0.717) is 17.0 Å². The van der Waals surface area contributed by atoms with E-state index in [0.717, 1.165) is 25.9 Å². The number of hydrogen-bond donors (Lipinski definition) is 0. The van der Waals surface area contributed by atoms with Crippen LogP contribution in [0, 0.1) is 23.2 Å². The molecule has 6 nitrogen and oxygen atoms in total. The lowest BCUT2D eigenvalue weighted by Gasteiger charge is -2.55. The second-order valence-corrected chi connectivity index (χ2v) is 16.6. The highest BCUT2D eigenvalue weighted by Crippen LogP contribution is 2.60. The Morgan fingerprint density at radius 1 is 1.00 bits per heavy atom. The summed E-state index contributed by atoms with van der Waals surface area (Å²) in [6.45, 7) is 3.16. The summed E-state index contributed by atoms with van der Waals surface area (Å²) in [5.74, 6) is 1.44. The van der Waals surface area contributed by atoms with Gasteiger partial charge in [0.15, 0.2) is 15.0 Å². The van der Waals surface area contributed by atoms with Crippen molar-refractivity contribution < 1.29 is 49.2 Å². The third-order valence-electron chi connectivity index (χ3n) is 9.62. The Balaban J connectivity index is 0.000000182. The molecule has 4 aliphatic carbocycles. The lowest BCUT2D eigenvalue weighted by Crippen LogP contribution is -2.56. The van der Waals surface area contributed by atoms with Gasteiger partial charge in [-0.2, -0.15) is 22.0 Å². The first kappa shape index (κ1) is 34.4. The number of benzene rings is 2. The van der Waals surface area contributed by atoms with Crippen molar-refractivity contribution >= 4 is 37.8 Å². The van der Waals surface area contributed by atoms with Crippen LogP contribution in [-0.4, -0.2) is 60.7 Å². The molecule has 4 saturated carbocycles. The zero-order valence-electron chi connectivity index (χ0n) is 25.1. The minimum absolute atomic E-state index is 0.131. The summed E-state index contributed by atoms with van der Waals surface area (Å²) in [6.07, 6.45) is -2.77. The summed E-state index contributed by atoms with van der Waals surface area (Å²) in [7, 11) is -6.29. The molecule has 0 amide bonds. The fraction of sp³-hybridized carbons (Fsp3) is 0.656. The van der Waals surface area contributed by atoms with E-state index in [9.17, 15) is 39.7 Å². The number of carbonyl (C=O) groups is 1. The van der Waals surface area contributed by atoms with E-state index < -0.39 is 39.0 Å². The van der Waals surface area contributed by atoms with Crippen molar-refractivity contribution in [1.29, 1.82) is 0 Å². The first-order chi connectivity index (χ1) is 21.1. The van der Waals surface area contributed by atoms with Gasteiger partial charge >= 0.3 is 17.4 Å². The number of unbranched alkanes of at least 4 members (excludes halogenated alkanes) is 1. The number of rotatable bonds is 9. The van der Waals surface area contributed by atoms with E-state index in [1.807, 2.05) is 0 Å². The Hall–Kier alpha value is -1.96. The predicted molar refractivity (Wildman–Crippen MR) is 160 cm³/mol. The molecule has 5 aliphatic rings. The molecule has 3 atom stereocenters. The molecule has 0 N–H and O–H groups in total. The monoisotopic (exact) mass is 678 g/mol. The Bertz CT molecular complexity index is 1420. The summed E-state index contributed by atoms with van der Waals surface area (Å²) in [6, 6.07) is 15.5. The Morgan fingerprint density at radius 2 is 1.60 bits per heavy atom. The standard InChI is InChI=1S/C18H23OS.C14H17F5O5S/c1-2-3-12-19-16-11-13-20(14-16)18-10-6-8-15-7-4-5-9-17(15)18;15-13(16,17)10(14(18,19)25(21,22)23)24-11(20)12-4-7-1-8(5-12)3-9(2-7)6-12/h4-10,16H,2-3,11-14H2,1H3;7-10H,1-6H2,(H,21,22,23)/q+1;/p-1. The summed E-state index contributed by atoms with van der Waals surface area (Å²) in [5.41, 5.74) is -1.29. The zero-order valence-corrected chi connectivity index (χ0v) is 26.7. The van der Waals surface area contributed by atoms with E-state index in [2.05, 4.69) is 54.1 Å². The van der Waals surface area contributed by atoms with E-state index in [-0.39, 0.29) is 37.0 Å². The smallest absolute Gasteiger partial charge is 0.432 e. The topological polar surface area (TPSA) is 92.7 Å². The van der Waals surface area contributed by atoms with Crippen LogP contribution in [0.15, 0.2) is 47.4 Å². The van der Waals surface area contributed by atoms with Gasteiger partial charge in [-0.05, 0) is 80.2 Å². The molecule has 2 aromatic carbocycles.